The summed E-state index contributed by atoms with van der Waals surface area (Å²) in [6.07, 6.45) is 2.44. The molecule has 2 N–H and O–H groups in total. The van der Waals surface area contributed by atoms with Gasteiger partial charge in [0.15, 0.2) is 0 Å². The summed E-state index contributed by atoms with van der Waals surface area (Å²) >= 11 is 0. The van der Waals surface area contributed by atoms with Crippen molar-refractivity contribution in [3.05, 3.63) is 18.3 Å². The van der Waals surface area contributed by atoms with Crippen LogP contribution in [0, 0.1) is 0 Å². The highest BCUT2D eigenvalue weighted by molar-refractivity contribution is 6.01. The molecule has 1 saturated heterocycles. The van der Waals surface area contributed by atoms with Crippen molar-refractivity contribution in [3.63, 3.8) is 0 Å². The summed E-state index contributed by atoms with van der Waals surface area (Å²) in [5.41, 5.74) is 0.742. The number of nitrogens with zero attached hydrogens (tertiary/aromatic N) is 1. The fourth-order valence-corrected chi connectivity index (χ4v) is 1.64. The number of amides is 2. The van der Waals surface area contributed by atoms with Crippen LogP contribution < -0.4 is 15.4 Å². The fourth-order valence-electron chi connectivity index (χ4n) is 1.64. The van der Waals surface area contributed by atoms with Crippen molar-refractivity contribution < 1.29 is 14.3 Å². The molecule has 0 bridgehead atoms. The number of ether oxygens (including phenoxy) is 1. The monoisotopic (exact) mass is 235 g/mol. The SMILES string of the molecule is COc1cc(NC2CCC(=O)NC2=O)ccn1. The number of rotatable bonds is 3. The van der Waals surface area contributed by atoms with Gasteiger partial charge in [-0.25, -0.2) is 4.98 Å². The molecule has 1 aromatic rings. The third-order valence-electron chi connectivity index (χ3n) is 2.52. The molecule has 1 aliphatic heterocycles. The zero-order chi connectivity index (χ0) is 12.3. The molecule has 0 saturated carbocycles. The topological polar surface area (TPSA) is 80.3 Å². The van der Waals surface area contributed by atoms with E-state index in [-0.39, 0.29) is 17.9 Å². The highest BCUT2D eigenvalue weighted by atomic mass is 16.5. The lowest BCUT2D eigenvalue weighted by molar-refractivity contribution is -0.133. The van der Waals surface area contributed by atoms with Gasteiger partial charge in [-0.1, -0.05) is 0 Å². The van der Waals surface area contributed by atoms with Crippen LogP contribution in [0.5, 0.6) is 5.88 Å². The van der Waals surface area contributed by atoms with Gasteiger partial charge in [0.2, 0.25) is 17.7 Å². The summed E-state index contributed by atoms with van der Waals surface area (Å²) in [5, 5.41) is 5.33. The second kappa shape index (κ2) is 4.82. The largest absolute Gasteiger partial charge is 0.481 e. The van der Waals surface area contributed by atoms with Gasteiger partial charge in [0.05, 0.1) is 7.11 Å². The molecular formula is C11H13N3O3. The van der Waals surface area contributed by atoms with Crippen molar-refractivity contribution in [1.82, 2.24) is 10.3 Å². The van der Waals surface area contributed by atoms with Crippen LogP contribution in [0.3, 0.4) is 0 Å². The fraction of sp³-hybridized carbons (Fsp3) is 0.364. The van der Waals surface area contributed by atoms with Crippen LogP contribution in [0.4, 0.5) is 5.69 Å². The minimum atomic E-state index is -0.389. The first-order chi connectivity index (χ1) is 8.19. The Hall–Kier alpha value is -2.11. The molecule has 17 heavy (non-hydrogen) atoms. The molecule has 1 atom stereocenters. The van der Waals surface area contributed by atoms with Gasteiger partial charge >= 0.3 is 0 Å². The number of carbonyl (C=O) groups is 2. The first kappa shape index (κ1) is 11.4. The number of methoxy groups -OCH3 is 1. The van der Waals surface area contributed by atoms with Gasteiger partial charge in [0.25, 0.3) is 0 Å². The molecule has 1 aliphatic rings. The van der Waals surface area contributed by atoms with E-state index in [0.29, 0.717) is 18.7 Å². The first-order valence-corrected chi connectivity index (χ1v) is 5.29. The zero-order valence-electron chi connectivity index (χ0n) is 9.40. The van der Waals surface area contributed by atoms with Crippen LogP contribution in [0.2, 0.25) is 0 Å². The van der Waals surface area contributed by atoms with E-state index in [1.807, 2.05) is 0 Å². The quantitative estimate of drug-likeness (QED) is 0.737. The van der Waals surface area contributed by atoms with Crippen LogP contribution in [-0.4, -0.2) is 29.9 Å². The number of imide groups is 1. The van der Waals surface area contributed by atoms with Crippen LogP contribution in [-0.2, 0) is 9.59 Å². The molecule has 2 rings (SSSR count). The van der Waals surface area contributed by atoms with E-state index in [1.54, 1.807) is 18.3 Å². The van der Waals surface area contributed by atoms with Crippen LogP contribution in [0.15, 0.2) is 18.3 Å². The first-order valence-electron chi connectivity index (χ1n) is 5.29. The third-order valence-corrected chi connectivity index (χ3v) is 2.52. The molecule has 2 heterocycles. The number of nitrogens with one attached hydrogen (secondary N) is 2. The second-order valence-corrected chi connectivity index (χ2v) is 3.73. The second-order valence-electron chi connectivity index (χ2n) is 3.73. The van der Waals surface area contributed by atoms with Crippen molar-refractivity contribution in [2.75, 3.05) is 12.4 Å². The maximum absolute atomic E-state index is 11.5. The Morgan fingerprint density at radius 3 is 3.06 bits per heavy atom. The van der Waals surface area contributed by atoms with Crippen molar-refractivity contribution in [1.29, 1.82) is 0 Å². The number of aromatic nitrogens is 1. The summed E-state index contributed by atoms with van der Waals surface area (Å²) in [6.45, 7) is 0. The molecule has 0 spiro atoms. The van der Waals surface area contributed by atoms with Crippen molar-refractivity contribution in [3.8, 4) is 5.88 Å². The Morgan fingerprint density at radius 2 is 2.35 bits per heavy atom. The molecule has 2 amide bonds. The summed E-state index contributed by atoms with van der Waals surface area (Å²) < 4.78 is 4.98. The van der Waals surface area contributed by atoms with E-state index >= 15 is 0 Å². The lowest BCUT2D eigenvalue weighted by Crippen LogP contribution is -2.47. The normalized spacial score (nSPS) is 19.7. The molecule has 6 nitrogen and oxygen atoms in total. The number of hydrogen-bond acceptors (Lipinski definition) is 5. The lowest BCUT2D eigenvalue weighted by Gasteiger charge is -2.22. The molecule has 1 aromatic heterocycles. The number of pyridine rings is 1. The molecular weight excluding hydrogens is 222 g/mol. The molecule has 1 fully saturated rings. The Balaban J connectivity index is 2.05. The molecule has 1 unspecified atom stereocenters. The minimum Gasteiger partial charge on any atom is -0.481 e. The number of carbonyl (C=O) groups excluding carboxylic acids is 2. The van der Waals surface area contributed by atoms with E-state index in [4.69, 9.17) is 4.74 Å². The predicted octanol–water partition coefficient (Wildman–Crippen LogP) is 0.307. The Bertz CT molecular complexity index is 447. The van der Waals surface area contributed by atoms with Gasteiger partial charge in [0, 0.05) is 24.4 Å². The van der Waals surface area contributed by atoms with Crippen molar-refractivity contribution in [2.24, 2.45) is 0 Å². The Morgan fingerprint density at radius 1 is 1.53 bits per heavy atom. The summed E-state index contributed by atoms with van der Waals surface area (Å²) in [7, 11) is 1.53. The van der Waals surface area contributed by atoms with Gasteiger partial charge in [-0.2, -0.15) is 0 Å². The summed E-state index contributed by atoms with van der Waals surface area (Å²) in [5.74, 6) is -0.0420. The van der Waals surface area contributed by atoms with Crippen LogP contribution in [0.1, 0.15) is 12.8 Å². The van der Waals surface area contributed by atoms with E-state index in [2.05, 4.69) is 15.6 Å². The average Bonchev–Trinajstić information content (AvgIpc) is 2.33. The summed E-state index contributed by atoms with van der Waals surface area (Å²) in [4.78, 5) is 26.5. The third kappa shape index (κ3) is 2.72. The molecule has 0 aliphatic carbocycles. The van der Waals surface area contributed by atoms with Gasteiger partial charge in [-0.3, -0.25) is 14.9 Å². The van der Waals surface area contributed by atoms with Crippen molar-refractivity contribution >= 4 is 17.5 Å². The maximum atomic E-state index is 11.5. The van der Waals surface area contributed by atoms with Gasteiger partial charge in [-0.05, 0) is 12.5 Å². The highest BCUT2D eigenvalue weighted by Gasteiger charge is 2.26. The summed E-state index contributed by atoms with van der Waals surface area (Å²) in [6, 6.07) is 3.05. The highest BCUT2D eigenvalue weighted by Crippen LogP contribution is 2.17. The lowest BCUT2D eigenvalue weighted by atomic mass is 10.1. The maximum Gasteiger partial charge on any atom is 0.249 e. The van der Waals surface area contributed by atoms with E-state index in [1.165, 1.54) is 7.11 Å². The van der Waals surface area contributed by atoms with Gasteiger partial charge < -0.3 is 10.1 Å². The van der Waals surface area contributed by atoms with Gasteiger partial charge in [-0.15, -0.1) is 0 Å². The van der Waals surface area contributed by atoms with E-state index in [9.17, 15) is 9.59 Å². The van der Waals surface area contributed by atoms with Crippen LogP contribution >= 0.6 is 0 Å². The number of piperidine rings is 1. The molecule has 0 aromatic carbocycles. The number of hydrogen-bond donors (Lipinski definition) is 2. The van der Waals surface area contributed by atoms with E-state index < -0.39 is 0 Å². The standard InChI is InChI=1S/C11H13N3O3/c1-17-10-6-7(4-5-12-10)13-8-2-3-9(15)14-11(8)16/h4-6,8H,2-3H2,1H3,(H,12,13)(H,14,15,16). The van der Waals surface area contributed by atoms with Crippen molar-refractivity contribution in [2.45, 2.75) is 18.9 Å². The molecule has 6 heteroatoms. The zero-order valence-corrected chi connectivity index (χ0v) is 9.40. The van der Waals surface area contributed by atoms with Crippen LogP contribution in [0.25, 0.3) is 0 Å². The smallest absolute Gasteiger partial charge is 0.249 e. The molecule has 0 radical (unpaired) electrons. The van der Waals surface area contributed by atoms with E-state index in [0.717, 1.165) is 5.69 Å². The average molecular weight is 235 g/mol. The molecule has 90 valence electrons. The minimum absolute atomic E-state index is 0.222. The van der Waals surface area contributed by atoms with Gasteiger partial charge in [0.1, 0.15) is 6.04 Å². The Kier molecular flexibility index (Phi) is 3.22. The Labute approximate surface area is 98.4 Å². The predicted molar refractivity (Wildman–Crippen MR) is 60.6 cm³/mol. The number of anilines is 1.